The molecule has 0 aliphatic carbocycles. The van der Waals surface area contributed by atoms with Crippen LogP contribution in [0, 0.1) is 0 Å². The maximum Gasteiger partial charge on any atom is 0.387 e. The van der Waals surface area contributed by atoms with Crippen molar-refractivity contribution in [3.05, 3.63) is 48.0 Å². The number of aromatic amines is 1. The summed E-state index contributed by atoms with van der Waals surface area (Å²) in [7, 11) is 0. The molecule has 0 aliphatic heterocycles. The van der Waals surface area contributed by atoms with Crippen molar-refractivity contribution in [1.82, 2.24) is 15.3 Å². The van der Waals surface area contributed by atoms with Gasteiger partial charge in [-0.25, -0.2) is 4.98 Å². The summed E-state index contributed by atoms with van der Waals surface area (Å²) in [6.45, 7) is -1.84. The first-order valence-electron chi connectivity index (χ1n) is 5.47. The number of rotatable bonds is 6. The Morgan fingerprint density at radius 3 is 2.83 bits per heavy atom. The monoisotopic (exact) mass is 253 g/mol. The molecule has 2 N–H and O–H groups in total. The molecule has 0 saturated heterocycles. The molecule has 0 saturated carbocycles. The van der Waals surface area contributed by atoms with E-state index < -0.39 is 6.61 Å². The average molecular weight is 253 g/mol. The van der Waals surface area contributed by atoms with Crippen molar-refractivity contribution in [2.45, 2.75) is 19.7 Å². The van der Waals surface area contributed by atoms with Crippen LogP contribution in [0.15, 0.2) is 36.7 Å². The fourth-order valence-corrected chi connectivity index (χ4v) is 1.57. The van der Waals surface area contributed by atoms with Crippen LogP contribution in [0.25, 0.3) is 0 Å². The largest absolute Gasteiger partial charge is 0.434 e. The zero-order valence-corrected chi connectivity index (χ0v) is 9.57. The molecule has 0 aliphatic rings. The van der Waals surface area contributed by atoms with Crippen LogP contribution in [0.3, 0.4) is 0 Å². The van der Waals surface area contributed by atoms with E-state index in [9.17, 15) is 8.78 Å². The highest BCUT2D eigenvalue weighted by Crippen LogP contribution is 2.19. The molecule has 0 spiro atoms. The number of ether oxygens (including phenoxy) is 1. The summed E-state index contributed by atoms with van der Waals surface area (Å²) in [6, 6.07) is 6.71. The smallest absolute Gasteiger partial charge is 0.387 e. The van der Waals surface area contributed by atoms with Gasteiger partial charge in [-0.3, -0.25) is 0 Å². The van der Waals surface area contributed by atoms with E-state index in [1.807, 2.05) is 0 Å². The highest BCUT2D eigenvalue weighted by atomic mass is 19.3. The molecule has 0 amide bonds. The predicted octanol–water partition coefficient (Wildman–Crippen LogP) is 2.30. The summed E-state index contributed by atoms with van der Waals surface area (Å²) in [5, 5.41) is 3.10. The van der Waals surface area contributed by atoms with E-state index >= 15 is 0 Å². The van der Waals surface area contributed by atoms with E-state index in [-0.39, 0.29) is 5.75 Å². The van der Waals surface area contributed by atoms with Gasteiger partial charge in [-0.15, -0.1) is 0 Å². The van der Waals surface area contributed by atoms with Crippen LogP contribution in [-0.2, 0) is 13.1 Å². The highest BCUT2D eigenvalue weighted by molar-refractivity contribution is 5.33. The Morgan fingerprint density at radius 2 is 2.11 bits per heavy atom. The quantitative estimate of drug-likeness (QED) is 0.830. The van der Waals surface area contributed by atoms with Crippen molar-refractivity contribution in [3.63, 3.8) is 0 Å². The molecule has 0 atom stereocenters. The Labute approximate surface area is 103 Å². The Kier molecular flexibility index (Phi) is 4.25. The molecule has 0 radical (unpaired) electrons. The van der Waals surface area contributed by atoms with Gasteiger partial charge in [-0.1, -0.05) is 18.2 Å². The maximum absolute atomic E-state index is 12.2. The van der Waals surface area contributed by atoms with Gasteiger partial charge in [0.05, 0.1) is 6.54 Å². The molecule has 1 aromatic heterocycles. The molecule has 1 heterocycles. The van der Waals surface area contributed by atoms with Gasteiger partial charge < -0.3 is 15.0 Å². The van der Waals surface area contributed by atoms with Crippen molar-refractivity contribution < 1.29 is 13.5 Å². The molecule has 1 aromatic carbocycles. The van der Waals surface area contributed by atoms with Crippen molar-refractivity contribution >= 4 is 0 Å². The second-order valence-electron chi connectivity index (χ2n) is 3.63. The Morgan fingerprint density at radius 1 is 1.28 bits per heavy atom. The summed E-state index contributed by atoms with van der Waals surface area (Å²) in [5.41, 5.74) is 0.685. The molecule has 2 aromatic rings. The Bertz CT molecular complexity index is 474. The fraction of sp³-hybridized carbons (Fsp3) is 0.250. The van der Waals surface area contributed by atoms with Crippen LogP contribution in [-0.4, -0.2) is 16.6 Å². The van der Waals surface area contributed by atoms with Gasteiger partial charge in [0.2, 0.25) is 0 Å². The normalized spacial score (nSPS) is 10.8. The zero-order valence-electron chi connectivity index (χ0n) is 9.57. The van der Waals surface area contributed by atoms with E-state index in [2.05, 4.69) is 20.0 Å². The first-order valence-corrected chi connectivity index (χ1v) is 5.47. The summed E-state index contributed by atoms with van der Waals surface area (Å²) in [5.74, 6) is 0.988. The SMILES string of the molecule is FC(F)Oc1ccccc1CNCc1ncc[nH]1. The van der Waals surface area contributed by atoms with E-state index in [1.165, 1.54) is 6.07 Å². The van der Waals surface area contributed by atoms with Crippen LogP contribution in [0.1, 0.15) is 11.4 Å². The van der Waals surface area contributed by atoms with E-state index in [0.717, 1.165) is 5.82 Å². The van der Waals surface area contributed by atoms with Crippen molar-refractivity contribution in [2.24, 2.45) is 0 Å². The van der Waals surface area contributed by atoms with Gasteiger partial charge in [0.1, 0.15) is 11.6 Å². The van der Waals surface area contributed by atoms with Crippen LogP contribution in [0.4, 0.5) is 8.78 Å². The van der Waals surface area contributed by atoms with Crippen LogP contribution < -0.4 is 10.1 Å². The summed E-state index contributed by atoms with van der Waals surface area (Å²) < 4.78 is 28.8. The number of nitrogens with one attached hydrogen (secondary N) is 2. The van der Waals surface area contributed by atoms with Crippen molar-refractivity contribution in [2.75, 3.05) is 0 Å². The molecule has 2 rings (SSSR count). The Balaban J connectivity index is 1.92. The summed E-state index contributed by atoms with van der Waals surface area (Å²) >= 11 is 0. The summed E-state index contributed by atoms with van der Waals surface area (Å²) in [6.07, 6.45) is 3.38. The molecule has 18 heavy (non-hydrogen) atoms. The number of nitrogens with zero attached hydrogens (tertiary/aromatic N) is 1. The minimum Gasteiger partial charge on any atom is -0.434 e. The van der Waals surface area contributed by atoms with Gasteiger partial charge in [0.25, 0.3) is 0 Å². The third-order valence-corrected chi connectivity index (χ3v) is 2.35. The Hall–Kier alpha value is -1.95. The van der Waals surface area contributed by atoms with Crippen molar-refractivity contribution in [1.29, 1.82) is 0 Å². The van der Waals surface area contributed by atoms with Crippen molar-refractivity contribution in [3.8, 4) is 5.75 Å². The number of aromatic nitrogens is 2. The van der Waals surface area contributed by atoms with Gasteiger partial charge in [-0.2, -0.15) is 8.78 Å². The second-order valence-corrected chi connectivity index (χ2v) is 3.63. The van der Waals surface area contributed by atoms with Crippen LogP contribution in [0.2, 0.25) is 0 Å². The maximum atomic E-state index is 12.2. The molecule has 96 valence electrons. The zero-order chi connectivity index (χ0) is 12.8. The number of benzene rings is 1. The highest BCUT2D eigenvalue weighted by Gasteiger charge is 2.08. The fourth-order valence-electron chi connectivity index (χ4n) is 1.57. The van der Waals surface area contributed by atoms with E-state index in [1.54, 1.807) is 30.6 Å². The number of para-hydroxylation sites is 1. The third kappa shape index (κ3) is 3.53. The minimum absolute atomic E-state index is 0.194. The molecule has 4 nitrogen and oxygen atoms in total. The number of halogens is 2. The number of alkyl halides is 2. The van der Waals surface area contributed by atoms with Gasteiger partial charge in [-0.05, 0) is 6.07 Å². The first kappa shape index (κ1) is 12.5. The van der Waals surface area contributed by atoms with Crippen LogP contribution in [0.5, 0.6) is 5.75 Å². The number of imidazole rings is 1. The van der Waals surface area contributed by atoms with E-state index in [0.29, 0.717) is 18.7 Å². The molecular weight excluding hydrogens is 240 g/mol. The second kappa shape index (κ2) is 6.11. The third-order valence-electron chi connectivity index (χ3n) is 2.35. The lowest BCUT2D eigenvalue weighted by Gasteiger charge is -2.10. The van der Waals surface area contributed by atoms with Crippen LogP contribution >= 0.6 is 0 Å². The molecule has 0 fully saturated rings. The lowest BCUT2D eigenvalue weighted by Crippen LogP contribution is -2.15. The minimum atomic E-state index is -2.81. The first-order chi connectivity index (χ1) is 8.75. The lowest BCUT2D eigenvalue weighted by molar-refractivity contribution is -0.0505. The number of hydrogen-bond acceptors (Lipinski definition) is 3. The lowest BCUT2D eigenvalue weighted by atomic mass is 10.2. The average Bonchev–Trinajstić information content (AvgIpc) is 2.84. The summed E-state index contributed by atoms with van der Waals surface area (Å²) in [4.78, 5) is 6.99. The standard InChI is InChI=1S/C12H13F2N3O/c13-12(14)18-10-4-2-1-3-9(10)7-15-8-11-16-5-6-17-11/h1-6,12,15H,7-8H2,(H,16,17). The number of hydrogen-bond donors (Lipinski definition) is 2. The molecule has 0 unspecified atom stereocenters. The predicted molar refractivity (Wildman–Crippen MR) is 62.2 cm³/mol. The van der Waals surface area contributed by atoms with Gasteiger partial charge >= 0.3 is 6.61 Å². The molecular formula is C12H13F2N3O. The van der Waals surface area contributed by atoms with E-state index in [4.69, 9.17) is 0 Å². The molecule has 6 heteroatoms. The topological polar surface area (TPSA) is 49.9 Å². The number of H-pyrrole nitrogens is 1. The molecule has 0 bridgehead atoms. The van der Waals surface area contributed by atoms with Gasteiger partial charge in [0, 0.05) is 24.5 Å². The van der Waals surface area contributed by atoms with Gasteiger partial charge in [0.15, 0.2) is 0 Å².